The molecule has 0 bridgehead atoms. The number of aromatic nitrogens is 2. The molecule has 58 heavy (non-hydrogen) atoms. The van der Waals surface area contributed by atoms with Gasteiger partial charge in [0.1, 0.15) is 24.9 Å². The summed E-state index contributed by atoms with van der Waals surface area (Å²) < 4.78 is 57.9. The number of amides is 1. The predicted molar refractivity (Wildman–Crippen MR) is 190 cm³/mol. The number of carbonyl (C=O) groups excluding carboxylic acids is 7. The highest BCUT2D eigenvalue weighted by atomic mass is 16.7. The van der Waals surface area contributed by atoms with Crippen molar-refractivity contribution in [3.63, 3.8) is 0 Å². The van der Waals surface area contributed by atoms with E-state index in [0.717, 1.165) is 46.1 Å². The van der Waals surface area contributed by atoms with Crippen LogP contribution in [0.4, 0.5) is 0 Å². The molecule has 316 valence electrons. The second kappa shape index (κ2) is 20.5. The minimum absolute atomic E-state index is 0.0338. The Hall–Kier alpha value is -5.93. The van der Waals surface area contributed by atoms with Crippen LogP contribution in [0.15, 0.2) is 47.4 Å². The lowest BCUT2D eigenvalue weighted by Gasteiger charge is -2.47. The Morgan fingerprint density at radius 2 is 1.21 bits per heavy atom. The summed E-state index contributed by atoms with van der Waals surface area (Å²) in [6.07, 6.45) is -12.7. The first-order valence-corrected chi connectivity index (χ1v) is 18.0. The smallest absolute Gasteiger partial charge is 0.353 e. The monoisotopic (exact) mass is 819 g/mol. The summed E-state index contributed by atoms with van der Waals surface area (Å²) in [4.78, 5) is 105. The van der Waals surface area contributed by atoms with Crippen LogP contribution in [-0.4, -0.2) is 126 Å². The summed E-state index contributed by atoms with van der Waals surface area (Å²) in [5, 5.41) is 2.70. The van der Waals surface area contributed by atoms with Crippen LogP contribution >= 0.6 is 0 Å². The predicted octanol–water partition coefficient (Wildman–Crippen LogP) is 0.301. The maximum absolute atomic E-state index is 13.6. The first-order chi connectivity index (χ1) is 27.5. The summed E-state index contributed by atoms with van der Waals surface area (Å²) in [6, 6.07) is 7.72. The van der Waals surface area contributed by atoms with Gasteiger partial charge in [-0.3, -0.25) is 38.1 Å². The van der Waals surface area contributed by atoms with Crippen molar-refractivity contribution in [2.24, 2.45) is 0 Å². The van der Waals surface area contributed by atoms with Crippen LogP contribution < -0.4 is 15.7 Å². The molecule has 2 aliphatic heterocycles. The zero-order valence-corrected chi connectivity index (χ0v) is 32.7. The number of benzene rings is 1. The number of rotatable bonds is 15. The van der Waals surface area contributed by atoms with E-state index in [9.17, 15) is 38.4 Å². The second-order valence-electron chi connectivity index (χ2n) is 12.9. The lowest BCUT2D eigenvalue weighted by Crippen LogP contribution is -2.67. The number of hydrogen-bond acceptors (Lipinski definition) is 19. The quantitative estimate of drug-likeness (QED) is 0.187. The number of ether oxygens (including phenoxy) is 10. The van der Waals surface area contributed by atoms with E-state index >= 15 is 0 Å². The summed E-state index contributed by atoms with van der Waals surface area (Å²) in [6.45, 7) is 7.04. The van der Waals surface area contributed by atoms with Gasteiger partial charge in [-0.2, -0.15) is 4.98 Å². The molecule has 0 spiro atoms. The van der Waals surface area contributed by atoms with Crippen molar-refractivity contribution in [2.45, 2.75) is 110 Å². The summed E-state index contributed by atoms with van der Waals surface area (Å²) >= 11 is 0. The number of carbonyl (C=O) groups is 7. The van der Waals surface area contributed by atoms with E-state index in [0.29, 0.717) is 0 Å². The molecule has 21 nitrogen and oxygen atoms in total. The Morgan fingerprint density at radius 3 is 1.76 bits per heavy atom. The second-order valence-corrected chi connectivity index (χ2v) is 12.9. The maximum atomic E-state index is 13.6. The molecule has 1 aromatic carbocycles. The maximum Gasteiger partial charge on any atom is 0.353 e. The summed E-state index contributed by atoms with van der Waals surface area (Å²) in [7, 11) is 0. The molecule has 1 amide bonds. The Balaban J connectivity index is 1.82. The largest absolute Gasteiger partial charge is 0.478 e. The average molecular weight is 820 g/mol. The van der Waals surface area contributed by atoms with Gasteiger partial charge < -0.3 is 52.7 Å². The Labute approximate surface area is 331 Å². The van der Waals surface area contributed by atoms with Crippen molar-refractivity contribution in [2.75, 3.05) is 19.8 Å². The lowest BCUT2D eigenvalue weighted by molar-refractivity contribution is -0.302. The first kappa shape index (κ1) is 44.8. The number of nitrogens with zero attached hydrogens (tertiary/aromatic N) is 2. The van der Waals surface area contributed by atoms with Crippen LogP contribution in [-0.2, 0) is 71.4 Å². The van der Waals surface area contributed by atoms with Crippen LogP contribution in [0.5, 0.6) is 5.88 Å². The topological polar surface area (TPSA) is 259 Å². The zero-order chi connectivity index (χ0) is 42.7. The molecule has 0 radical (unpaired) electrons. The van der Waals surface area contributed by atoms with Gasteiger partial charge in [-0.25, -0.2) is 4.79 Å². The van der Waals surface area contributed by atoms with Crippen LogP contribution in [0.3, 0.4) is 0 Å². The van der Waals surface area contributed by atoms with Crippen molar-refractivity contribution in [3.05, 3.63) is 58.6 Å². The van der Waals surface area contributed by atoms with E-state index in [2.05, 4.69) is 10.3 Å². The van der Waals surface area contributed by atoms with Gasteiger partial charge in [0.25, 0.3) is 5.91 Å². The molecular weight excluding hydrogens is 774 g/mol. The highest BCUT2D eigenvalue weighted by molar-refractivity contribution is 5.94. The molecule has 1 N–H and O–H groups in total. The van der Waals surface area contributed by atoms with Gasteiger partial charge in [0, 0.05) is 59.4 Å². The minimum atomic E-state index is -1.65. The molecule has 3 heterocycles. The molecule has 2 aliphatic rings. The van der Waals surface area contributed by atoms with E-state index in [1.165, 1.54) is 24.4 Å². The molecule has 0 aliphatic carbocycles. The van der Waals surface area contributed by atoms with Gasteiger partial charge in [-0.1, -0.05) is 18.2 Å². The highest BCUT2D eigenvalue weighted by Crippen LogP contribution is 2.35. The van der Waals surface area contributed by atoms with Crippen LogP contribution in [0, 0.1) is 0 Å². The standard InChI is InChI=1S/C37H45N3O18/c1-8-49-27-14-15-40(37(48)38-27)35-33(56-23(7)46)32(55-22(6)45)30(53-20(4)43)25(57-35)17-51-36-28(39-34(47)24-12-10-9-11-13-24)31(54-21(5)44)29(52-19(3)42)26(58-36)16-50-18(2)41/h9-15,25-26,28-33,35-36H,8,16-17H2,1-7H3,(H,39,47). The molecule has 2 fully saturated rings. The van der Waals surface area contributed by atoms with Crippen molar-refractivity contribution < 1.29 is 80.9 Å². The number of esters is 6. The Kier molecular flexibility index (Phi) is 15.8. The van der Waals surface area contributed by atoms with Gasteiger partial charge in [-0.05, 0) is 19.1 Å². The fourth-order valence-corrected chi connectivity index (χ4v) is 6.26. The lowest BCUT2D eigenvalue weighted by atomic mass is 9.95. The molecule has 0 saturated carbocycles. The Bertz CT molecular complexity index is 1870. The highest BCUT2D eigenvalue weighted by Gasteiger charge is 2.55. The van der Waals surface area contributed by atoms with Crippen LogP contribution in [0.1, 0.15) is 65.1 Å². The third-order valence-corrected chi connectivity index (χ3v) is 8.35. The van der Waals surface area contributed by atoms with Gasteiger partial charge >= 0.3 is 41.5 Å². The van der Waals surface area contributed by atoms with E-state index in [1.807, 2.05) is 0 Å². The van der Waals surface area contributed by atoms with E-state index < -0.39 is 122 Å². The molecule has 2 aromatic rings. The molecule has 1 aromatic heterocycles. The molecule has 10 atom stereocenters. The summed E-state index contributed by atoms with van der Waals surface area (Å²) in [5.41, 5.74) is -0.772. The third kappa shape index (κ3) is 12.0. The first-order valence-electron chi connectivity index (χ1n) is 18.0. The molecule has 10 unspecified atom stereocenters. The van der Waals surface area contributed by atoms with E-state index in [-0.39, 0.29) is 18.1 Å². The molecule has 21 heteroatoms. The number of nitrogens with one attached hydrogen (secondary N) is 1. The van der Waals surface area contributed by atoms with Crippen molar-refractivity contribution in [1.82, 2.24) is 14.9 Å². The van der Waals surface area contributed by atoms with Crippen molar-refractivity contribution in [3.8, 4) is 5.88 Å². The zero-order valence-electron chi connectivity index (χ0n) is 32.7. The SMILES string of the molecule is CCOc1ccn(C2OC(COC3OC(COC(C)=O)C(OC(C)=O)C(OC(C)=O)C3NC(=O)c3ccccc3)C(OC(C)=O)C(OC(C)=O)C2OC(C)=O)c(=O)n1. The fourth-order valence-electron chi connectivity index (χ4n) is 6.26. The number of hydrogen-bond donors (Lipinski definition) is 1. The van der Waals surface area contributed by atoms with Gasteiger partial charge in [0.15, 0.2) is 43.0 Å². The van der Waals surface area contributed by atoms with E-state index in [4.69, 9.17) is 47.4 Å². The molecule has 2 saturated heterocycles. The van der Waals surface area contributed by atoms with Crippen LogP contribution in [0.2, 0.25) is 0 Å². The van der Waals surface area contributed by atoms with Gasteiger partial charge in [-0.15, -0.1) is 0 Å². The molecule has 4 rings (SSSR count). The average Bonchev–Trinajstić information content (AvgIpc) is 3.13. The van der Waals surface area contributed by atoms with Crippen molar-refractivity contribution >= 4 is 41.7 Å². The van der Waals surface area contributed by atoms with Crippen molar-refractivity contribution in [1.29, 1.82) is 0 Å². The third-order valence-electron chi connectivity index (χ3n) is 8.35. The van der Waals surface area contributed by atoms with Gasteiger partial charge in [0.05, 0.1) is 13.2 Å². The van der Waals surface area contributed by atoms with Gasteiger partial charge in [0.2, 0.25) is 5.88 Å². The normalized spacial score (nSPS) is 26.5. The summed E-state index contributed by atoms with van der Waals surface area (Å²) in [5.74, 6) is -5.85. The Morgan fingerprint density at radius 1 is 0.672 bits per heavy atom. The fraction of sp³-hybridized carbons (Fsp3) is 0.541. The van der Waals surface area contributed by atoms with E-state index in [1.54, 1.807) is 25.1 Å². The molecular formula is C37H45N3O18. The van der Waals surface area contributed by atoms with Crippen LogP contribution in [0.25, 0.3) is 0 Å². The minimum Gasteiger partial charge on any atom is -0.478 e.